The Kier molecular flexibility index (Phi) is 3.64. The van der Waals surface area contributed by atoms with Gasteiger partial charge in [0, 0.05) is 4.91 Å². The average Bonchev–Trinajstić information content (AvgIpc) is 2.19. The molecule has 14 heavy (non-hydrogen) atoms. The minimum Gasteiger partial charge on any atom is -0.394 e. The van der Waals surface area contributed by atoms with Crippen LogP contribution in [0.4, 0.5) is 0 Å². The first-order valence-electron chi connectivity index (χ1n) is 3.96. The first kappa shape index (κ1) is 11.2. The normalized spacial score (nSPS) is 43.0. The fraction of sp³-hybridized carbons (Fsp3) is 1.00. The van der Waals surface area contributed by atoms with Crippen molar-refractivity contribution in [3.63, 3.8) is 0 Å². The molecule has 0 spiro atoms. The zero-order chi connectivity index (χ0) is 10.7. The number of azide groups is 1. The molecule has 0 aromatic heterocycles. The summed E-state index contributed by atoms with van der Waals surface area (Å²) in [7, 11) is 0. The minimum absolute atomic E-state index is 0.539. The molecule has 1 fully saturated rings. The number of ether oxygens (including phenoxy) is 1. The number of aliphatic hydroxyl groups excluding tert-OH is 4. The van der Waals surface area contributed by atoms with Gasteiger partial charge in [0.15, 0.2) is 6.23 Å². The van der Waals surface area contributed by atoms with E-state index in [4.69, 9.17) is 15.4 Å². The Morgan fingerprint density at radius 2 is 1.86 bits per heavy atom. The Balaban J connectivity index is 2.77. The van der Waals surface area contributed by atoms with Crippen LogP contribution in [0, 0.1) is 0 Å². The molecule has 1 aliphatic heterocycles. The minimum atomic E-state index is -1.50. The maximum absolute atomic E-state index is 9.27. The molecular formula is C6H11N3O5. The molecule has 4 N–H and O–H groups in total. The van der Waals surface area contributed by atoms with Crippen molar-refractivity contribution < 1.29 is 25.2 Å². The van der Waals surface area contributed by atoms with Gasteiger partial charge in [-0.3, -0.25) is 0 Å². The summed E-state index contributed by atoms with van der Waals surface area (Å²) in [6.07, 6.45) is -6.76. The van der Waals surface area contributed by atoms with E-state index in [0.717, 1.165) is 0 Å². The lowest BCUT2D eigenvalue weighted by atomic mass is 9.99. The molecule has 1 heterocycles. The predicted octanol–water partition coefficient (Wildman–Crippen LogP) is -1.90. The van der Waals surface area contributed by atoms with Crippen LogP contribution in [0.15, 0.2) is 5.11 Å². The lowest BCUT2D eigenvalue weighted by Gasteiger charge is -2.37. The lowest BCUT2D eigenvalue weighted by molar-refractivity contribution is -0.227. The van der Waals surface area contributed by atoms with Crippen LogP contribution in [-0.2, 0) is 4.74 Å². The average molecular weight is 205 g/mol. The van der Waals surface area contributed by atoms with Crippen molar-refractivity contribution in [3.05, 3.63) is 10.4 Å². The first-order chi connectivity index (χ1) is 6.61. The molecule has 8 heteroatoms. The highest BCUT2D eigenvalue weighted by atomic mass is 16.6. The van der Waals surface area contributed by atoms with Crippen molar-refractivity contribution in [3.8, 4) is 0 Å². The van der Waals surface area contributed by atoms with E-state index >= 15 is 0 Å². The third-order valence-corrected chi connectivity index (χ3v) is 2.03. The Hall–Kier alpha value is -0.890. The summed E-state index contributed by atoms with van der Waals surface area (Å²) in [5.74, 6) is 0. The molecule has 0 amide bonds. The Bertz CT molecular complexity index is 242. The van der Waals surface area contributed by atoms with Crippen LogP contribution in [-0.4, -0.2) is 57.7 Å². The fourth-order valence-electron chi connectivity index (χ4n) is 1.23. The van der Waals surface area contributed by atoms with Crippen LogP contribution in [0.5, 0.6) is 0 Å². The van der Waals surface area contributed by atoms with Gasteiger partial charge in [0.25, 0.3) is 0 Å². The van der Waals surface area contributed by atoms with Gasteiger partial charge in [0.1, 0.15) is 24.4 Å². The van der Waals surface area contributed by atoms with Crippen LogP contribution in [0.1, 0.15) is 0 Å². The zero-order valence-corrected chi connectivity index (χ0v) is 7.13. The van der Waals surface area contributed by atoms with E-state index in [1.165, 1.54) is 0 Å². The van der Waals surface area contributed by atoms with Gasteiger partial charge < -0.3 is 25.2 Å². The Morgan fingerprint density at radius 1 is 1.21 bits per heavy atom. The summed E-state index contributed by atoms with van der Waals surface area (Å²) in [4.78, 5) is 2.40. The molecule has 80 valence electrons. The van der Waals surface area contributed by atoms with Gasteiger partial charge in [-0.25, -0.2) is 0 Å². The van der Waals surface area contributed by atoms with Gasteiger partial charge >= 0.3 is 0 Å². The van der Waals surface area contributed by atoms with Crippen LogP contribution < -0.4 is 0 Å². The van der Waals surface area contributed by atoms with E-state index < -0.39 is 37.3 Å². The van der Waals surface area contributed by atoms with Crippen LogP contribution in [0.3, 0.4) is 0 Å². The van der Waals surface area contributed by atoms with Gasteiger partial charge in [-0.2, -0.15) is 0 Å². The van der Waals surface area contributed by atoms with E-state index in [9.17, 15) is 15.3 Å². The number of nitrogens with zero attached hydrogens (tertiary/aromatic N) is 3. The highest BCUT2D eigenvalue weighted by molar-refractivity contribution is 4.90. The third-order valence-electron chi connectivity index (χ3n) is 2.03. The van der Waals surface area contributed by atoms with E-state index in [1.54, 1.807) is 0 Å². The van der Waals surface area contributed by atoms with Crippen molar-refractivity contribution in [2.45, 2.75) is 30.6 Å². The van der Waals surface area contributed by atoms with E-state index in [-0.39, 0.29) is 0 Å². The van der Waals surface area contributed by atoms with E-state index in [1.807, 2.05) is 0 Å². The molecule has 0 aromatic rings. The summed E-state index contributed by atoms with van der Waals surface area (Å²) >= 11 is 0. The standard InChI is InChI=1S/C6H11N3O5/c7-9-8-6-5(13)4(12)3(11)2(1-10)14-6/h2-6,10-13H,1H2/t2-,3-,4+,5+,6-/m1/s1. The Morgan fingerprint density at radius 3 is 2.36 bits per heavy atom. The van der Waals surface area contributed by atoms with Gasteiger partial charge in [-0.05, 0) is 5.53 Å². The number of hydrogen-bond acceptors (Lipinski definition) is 6. The first-order valence-corrected chi connectivity index (χ1v) is 3.96. The zero-order valence-electron chi connectivity index (χ0n) is 7.13. The SMILES string of the molecule is [N-]=[N+]=N[C@@H]1O[C@H](CO)[C@@H](O)[C@H](O)[C@@H]1O. The maximum atomic E-state index is 9.27. The number of hydrogen-bond donors (Lipinski definition) is 4. The van der Waals surface area contributed by atoms with Crippen molar-refractivity contribution in [2.75, 3.05) is 6.61 Å². The summed E-state index contributed by atoms with van der Waals surface area (Å²) < 4.78 is 4.84. The van der Waals surface area contributed by atoms with Crippen molar-refractivity contribution in [1.82, 2.24) is 0 Å². The van der Waals surface area contributed by atoms with Crippen molar-refractivity contribution >= 4 is 0 Å². The van der Waals surface area contributed by atoms with E-state index in [2.05, 4.69) is 10.0 Å². The quantitative estimate of drug-likeness (QED) is 0.237. The molecule has 0 saturated carbocycles. The van der Waals surface area contributed by atoms with Gasteiger partial charge in [-0.15, -0.1) is 0 Å². The number of aliphatic hydroxyl groups is 4. The monoisotopic (exact) mass is 205 g/mol. The molecular weight excluding hydrogens is 194 g/mol. The molecule has 1 aliphatic rings. The van der Waals surface area contributed by atoms with Gasteiger partial charge in [-0.1, -0.05) is 5.11 Å². The lowest BCUT2D eigenvalue weighted by Crippen LogP contribution is -2.57. The van der Waals surface area contributed by atoms with Crippen molar-refractivity contribution in [1.29, 1.82) is 0 Å². The summed E-state index contributed by atoms with van der Waals surface area (Å²) in [6.45, 7) is -0.539. The topological polar surface area (TPSA) is 139 Å². The molecule has 0 aromatic carbocycles. The molecule has 8 nitrogen and oxygen atoms in total. The highest BCUT2D eigenvalue weighted by Crippen LogP contribution is 2.21. The molecule has 5 atom stereocenters. The second kappa shape index (κ2) is 4.56. The summed E-state index contributed by atoms with van der Waals surface area (Å²) in [6, 6.07) is 0. The molecule has 0 unspecified atom stereocenters. The maximum Gasteiger partial charge on any atom is 0.165 e. The van der Waals surface area contributed by atoms with E-state index in [0.29, 0.717) is 0 Å². The molecule has 1 rings (SSSR count). The van der Waals surface area contributed by atoms with Crippen molar-refractivity contribution in [2.24, 2.45) is 5.11 Å². The second-order valence-electron chi connectivity index (χ2n) is 2.92. The fourth-order valence-corrected chi connectivity index (χ4v) is 1.23. The summed E-state index contributed by atoms with van der Waals surface area (Å²) in [5.41, 5.74) is 8.11. The largest absolute Gasteiger partial charge is 0.394 e. The van der Waals surface area contributed by atoms with Crippen LogP contribution in [0.2, 0.25) is 0 Å². The summed E-state index contributed by atoms with van der Waals surface area (Å²) in [5, 5.41) is 39.6. The highest BCUT2D eigenvalue weighted by Gasteiger charge is 2.42. The number of rotatable bonds is 2. The molecule has 0 aliphatic carbocycles. The molecule has 1 saturated heterocycles. The molecule has 0 bridgehead atoms. The smallest absolute Gasteiger partial charge is 0.165 e. The van der Waals surface area contributed by atoms with Gasteiger partial charge in [0.2, 0.25) is 0 Å². The predicted molar refractivity (Wildman–Crippen MR) is 42.9 cm³/mol. The van der Waals surface area contributed by atoms with Crippen LogP contribution in [0.25, 0.3) is 10.4 Å². The second-order valence-corrected chi connectivity index (χ2v) is 2.92. The van der Waals surface area contributed by atoms with Crippen LogP contribution >= 0.6 is 0 Å². The third kappa shape index (κ3) is 1.95. The molecule has 0 radical (unpaired) electrons. The Labute approximate surface area is 79.0 Å². The van der Waals surface area contributed by atoms with Gasteiger partial charge in [0.05, 0.1) is 6.61 Å².